The maximum Gasteiger partial charge on any atom is 0.426 e. The van der Waals surface area contributed by atoms with E-state index in [2.05, 4.69) is 6.58 Å². The Hall–Kier alpha value is -2.78. The molecule has 1 rings (SSSR count). The van der Waals surface area contributed by atoms with Gasteiger partial charge in [0.2, 0.25) is 0 Å². The molecule has 0 unspecified atom stereocenters. The van der Waals surface area contributed by atoms with Gasteiger partial charge in [0, 0.05) is 0 Å². The van der Waals surface area contributed by atoms with Crippen LogP contribution in [-0.4, -0.2) is 58.4 Å². The van der Waals surface area contributed by atoms with Crippen LogP contribution in [-0.2, 0) is 11.3 Å². The maximum atomic E-state index is 11.3. The second-order valence-corrected chi connectivity index (χ2v) is 5.09. The van der Waals surface area contributed by atoms with Crippen LogP contribution in [0.3, 0.4) is 0 Å². The third-order valence-electron chi connectivity index (χ3n) is 3.32. The summed E-state index contributed by atoms with van der Waals surface area (Å²) in [4.78, 5) is 22.1. The summed E-state index contributed by atoms with van der Waals surface area (Å²) < 4.78 is 10.5. The number of nitrogens with one attached hydrogen (secondary N) is 1. The Morgan fingerprint density at radius 3 is 2.44 bits per heavy atom. The number of aliphatic hydroxyl groups excluding tert-OH is 1. The summed E-state index contributed by atoms with van der Waals surface area (Å²) in [7, 11) is 1.55. The topological polar surface area (TPSA) is 129 Å². The molecule has 4 N–H and O–H groups in total. The van der Waals surface area contributed by atoms with Crippen molar-refractivity contribution in [3.63, 3.8) is 0 Å². The number of aliphatic hydroxyl groups is 1. The molecule has 0 aromatic heterocycles. The van der Waals surface area contributed by atoms with Crippen LogP contribution in [0.1, 0.15) is 12.0 Å². The molecule has 0 radical (unpaired) electrons. The fourth-order valence-electron chi connectivity index (χ4n) is 2.08. The number of benzene rings is 1. The number of carboxylic acid groups (broad SMARTS) is 2. The van der Waals surface area contributed by atoms with E-state index in [0.717, 1.165) is 5.56 Å². The van der Waals surface area contributed by atoms with E-state index in [9.17, 15) is 19.8 Å². The first kappa shape index (κ1) is 20.3. The normalized spacial score (nSPS) is 12.7. The van der Waals surface area contributed by atoms with Gasteiger partial charge in [-0.15, -0.1) is 6.58 Å². The first-order valence-corrected chi connectivity index (χ1v) is 7.40. The molecule has 138 valence electrons. The van der Waals surface area contributed by atoms with E-state index in [4.69, 9.17) is 14.6 Å². The highest BCUT2D eigenvalue weighted by molar-refractivity contribution is 5.71. The van der Waals surface area contributed by atoms with E-state index in [0.29, 0.717) is 10.8 Å². The summed E-state index contributed by atoms with van der Waals surface area (Å²) >= 11 is 0. The molecule has 0 bridgehead atoms. The predicted molar refractivity (Wildman–Crippen MR) is 88.3 cm³/mol. The molecule has 0 aliphatic carbocycles. The summed E-state index contributed by atoms with van der Waals surface area (Å²) in [5, 5.41) is 28.5. The number of ether oxygens (including phenoxy) is 2. The zero-order chi connectivity index (χ0) is 18.8. The second kappa shape index (κ2) is 10.2. The van der Waals surface area contributed by atoms with E-state index < -0.39 is 24.3 Å². The molecule has 0 saturated carbocycles. The highest BCUT2D eigenvalue weighted by Crippen LogP contribution is 2.13. The maximum absolute atomic E-state index is 11.3. The summed E-state index contributed by atoms with van der Waals surface area (Å²) in [5.74, 6) is 0.686. The van der Waals surface area contributed by atoms with Crippen molar-refractivity contribution in [1.29, 1.82) is 0 Å². The molecule has 2 atom stereocenters. The van der Waals surface area contributed by atoms with Crippen molar-refractivity contribution in [3.05, 3.63) is 42.5 Å². The lowest BCUT2D eigenvalue weighted by Gasteiger charge is -2.31. The molecule has 9 nitrogen and oxygen atoms in total. The molecule has 0 aliphatic rings. The highest BCUT2D eigenvalue weighted by atomic mass is 16.5. The molecular formula is C16H22N2O7. The second-order valence-electron chi connectivity index (χ2n) is 5.09. The summed E-state index contributed by atoms with van der Waals surface area (Å²) in [6.45, 7) is 3.42. The van der Waals surface area contributed by atoms with Gasteiger partial charge in [0.1, 0.15) is 11.8 Å². The molecular weight excluding hydrogens is 332 g/mol. The molecule has 2 amide bonds. The smallest absolute Gasteiger partial charge is 0.426 e. The van der Waals surface area contributed by atoms with Crippen molar-refractivity contribution < 1.29 is 34.4 Å². The monoisotopic (exact) mass is 354 g/mol. The van der Waals surface area contributed by atoms with Crippen molar-refractivity contribution in [1.82, 2.24) is 10.4 Å². The van der Waals surface area contributed by atoms with Crippen LogP contribution < -0.4 is 10.2 Å². The number of methoxy groups -OCH3 is 1. The van der Waals surface area contributed by atoms with Crippen LogP contribution in [0.25, 0.3) is 0 Å². The Labute approximate surface area is 145 Å². The summed E-state index contributed by atoms with van der Waals surface area (Å²) in [6.07, 6.45) is -2.82. The Morgan fingerprint density at radius 1 is 1.32 bits per heavy atom. The lowest BCUT2D eigenvalue weighted by molar-refractivity contribution is -0.0238. The Morgan fingerprint density at radius 2 is 1.96 bits per heavy atom. The minimum absolute atomic E-state index is 0.0711. The van der Waals surface area contributed by atoms with Crippen LogP contribution in [0.4, 0.5) is 9.59 Å². The van der Waals surface area contributed by atoms with Crippen molar-refractivity contribution >= 4 is 12.2 Å². The number of hydrazine groups is 1. The lowest BCUT2D eigenvalue weighted by atomic mass is 10.1. The third kappa shape index (κ3) is 6.69. The summed E-state index contributed by atoms with van der Waals surface area (Å²) in [6, 6.07) is 5.91. The number of hydrogen-bond acceptors (Lipinski definition) is 5. The Kier molecular flexibility index (Phi) is 8.24. The number of amides is 2. The SMILES string of the molecule is C=CC[C@H](O)[C@@H](COCc1ccc(OC)cc1)N(NC(=O)O)C(=O)O. The fraction of sp³-hybridized carbons (Fsp3) is 0.375. The van der Waals surface area contributed by atoms with E-state index >= 15 is 0 Å². The Balaban J connectivity index is 2.75. The standard InChI is InChI=1S/C16H22N2O7/c1-3-4-14(19)13(18(16(22)23)17-15(20)21)10-25-9-11-5-7-12(24-2)8-6-11/h3,5-8,13-14,17,19H,1,4,9-10H2,2H3,(H,20,21)(H,22,23)/t13-,14+/m1/s1. The quantitative estimate of drug-likeness (QED) is 0.392. The predicted octanol–water partition coefficient (Wildman–Crippen LogP) is 1.68. The largest absolute Gasteiger partial charge is 0.497 e. The highest BCUT2D eigenvalue weighted by Gasteiger charge is 2.31. The minimum Gasteiger partial charge on any atom is -0.497 e. The van der Waals surface area contributed by atoms with Crippen LogP contribution in [0.5, 0.6) is 5.75 Å². The van der Waals surface area contributed by atoms with Gasteiger partial charge in [0.25, 0.3) is 0 Å². The number of carbonyl (C=O) groups is 2. The van der Waals surface area contributed by atoms with Crippen molar-refractivity contribution in [2.75, 3.05) is 13.7 Å². The van der Waals surface area contributed by atoms with Crippen molar-refractivity contribution in [2.24, 2.45) is 0 Å². The molecule has 0 fully saturated rings. The van der Waals surface area contributed by atoms with Gasteiger partial charge in [-0.05, 0) is 24.1 Å². The molecule has 0 saturated heterocycles. The molecule has 0 heterocycles. The van der Waals surface area contributed by atoms with Gasteiger partial charge in [-0.2, -0.15) is 0 Å². The minimum atomic E-state index is -1.56. The summed E-state index contributed by atoms with van der Waals surface area (Å²) in [5.41, 5.74) is 2.55. The average molecular weight is 354 g/mol. The number of hydrogen-bond donors (Lipinski definition) is 4. The average Bonchev–Trinajstić information content (AvgIpc) is 2.57. The molecule has 1 aromatic rings. The van der Waals surface area contributed by atoms with Crippen molar-refractivity contribution in [2.45, 2.75) is 25.2 Å². The van der Waals surface area contributed by atoms with Gasteiger partial charge in [0.05, 0.1) is 26.4 Å². The first-order chi connectivity index (χ1) is 11.9. The van der Waals surface area contributed by atoms with Gasteiger partial charge in [-0.25, -0.2) is 20.0 Å². The Bertz CT molecular complexity index is 576. The van der Waals surface area contributed by atoms with E-state index in [1.54, 1.807) is 36.8 Å². The van der Waals surface area contributed by atoms with E-state index in [1.165, 1.54) is 6.08 Å². The van der Waals surface area contributed by atoms with Crippen molar-refractivity contribution in [3.8, 4) is 5.75 Å². The lowest BCUT2D eigenvalue weighted by Crippen LogP contribution is -2.57. The van der Waals surface area contributed by atoms with E-state index in [-0.39, 0.29) is 19.6 Å². The first-order valence-electron chi connectivity index (χ1n) is 7.40. The fourth-order valence-corrected chi connectivity index (χ4v) is 2.08. The molecule has 9 heteroatoms. The van der Waals surface area contributed by atoms with Gasteiger partial charge >= 0.3 is 12.2 Å². The third-order valence-corrected chi connectivity index (χ3v) is 3.32. The van der Waals surface area contributed by atoms with Gasteiger partial charge < -0.3 is 24.8 Å². The molecule has 1 aromatic carbocycles. The van der Waals surface area contributed by atoms with Crippen LogP contribution in [0.2, 0.25) is 0 Å². The zero-order valence-corrected chi connectivity index (χ0v) is 13.8. The molecule has 25 heavy (non-hydrogen) atoms. The van der Waals surface area contributed by atoms with Gasteiger partial charge in [0.15, 0.2) is 0 Å². The van der Waals surface area contributed by atoms with Crippen LogP contribution in [0.15, 0.2) is 36.9 Å². The van der Waals surface area contributed by atoms with Gasteiger partial charge in [-0.1, -0.05) is 18.2 Å². The molecule has 0 spiro atoms. The number of rotatable bonds is 9. The van der Waals surface area contributed by atoms with Gasteiger partial charge in [-0.3, -0.25) is 0 Å². The van der Waals surface area contributed by atoms with E-state index in [1.807, 2.05) is 0 Å². The zero-order valence-electron chi connectivity index (χ0n) is 13.8. The number of nitrogens with zero attached hydrogens (tertiary/aromatic N) is 1. The van der Waals surface area contributed by atoms with Crippen LogP contribution in [0, 0.1) is 0 Å². The molecule has 0 aliphatic heterocycles. The van der Waals surface area contributed by atoms with Crippen LogP contribution >= 0.6 is 0 Å².